The van der Waals surface area contributed by atoms with Gasteiger partial charge in [0.25, 0.3) is 0 Å². The van der Waals surface area contributed by atoms with Crippen LogP contribution in [0.4, 0.5) is 5.69 Å². The molecule has 1 fully saturated rings. The van der Waals surface area contributed by atoms with Crippen molar-refractivity contribution >= 4 is 11.7 Å². The number of carboxylic acids is 1. The average Bonchev–Trinajstić information content (AvgIpc) is 2.71. The van der Waals surface area contributed by atoms with E-state index in [1.807, 2.05) is 0 Å². The Morgan fingerprint density at radius 1 is 1.60 bits per heavy atom. The van der Waals surface area contributed by atoms with Gasteiger partial charge in [-0.15, -0.1) is 0 Å². The van der Waals surface area contributed by atoms with Crippen LogP contribution < -0.4 is 5.32 Å². The fourth-order valence-corrected chi connectivity index (χ4v) is 1.49. The predicted octanol–water partition coefficient (Wildman–Crippen LogP) is 0.981. The van der Waals surface area contributed by atoms with E-state index in [2.05, 4.69) is 10.3 Å². The van der Waals surface area contributed by atoms with Gasteiger partial charge in [0.2, 0.25) is 0 Å². The molecule has 15 heavy (non-hydrogen) atoms. The molecule has 1 aliphatic rings. The summed E-state index contributed by atoms with van der Waals surface area (Å²) in [4.78, 5) is 14.4. The number of nitrogens with one attached hydrogen (secondary N) is 1. The summed E-state index contributed by atoms with van der Waals surface area (Å²) in [5, 5.41) is 11.9. The molecule has 0 bridgehead atoms. The topological polar surface area (TPSA) is 71.5 Å². The molecule has 5 heteroatoms. The van der Waals surface area contributed by atoms with Crippen LogP contribution in [0.2, 0.25) is 0 Å². The lowest BCUT2D eigenvalue weighted by atomic mass is 10.2. The molecule has 1 aromatic heterocycles. The van der Waals surface area contributed by atoms with Crippen molar-refractivity contribution in [2.75, 3.05) is 18.5 Å². The van der Waals surface area contributed by atoms with Crippen LogP contribution in [0.25, 0.3) is 0 Å². The van der Waals surface area contributed by atoms with E-state index < -0.39 is 5.97 Å². The SMILES string of the molecule is O=C(O)c1ccc(NC2CCOC2)cn1. The lowest BCUT2D eigenvalue weighted by molar-refractivity contribution is 0.0690. The zero-order chi connectivity index (χ0) is 10.7. The van der Waals surface area contributed by atoms with Crippen molar-refractivity contribution in [3.63, 3.8) is 0 Å². The van der Waals surface area contributed by atoms with E-state index >= 15 is 0 Å². The van der Waals surface area contributed by atoms with E-state index in [1.54, 1.807) is 6.07 Å². The zero-order valence-electron chi connectivity index (χ0n) is 8.14. The van der Waals surface area contributed by atoms with Crippen LogP contribution in [-0.2, 0) is 4.74 Å². The average molecular weight is 208 g/mol. The van der Waals surface area contributed by atoms with Gasteiger partial charge in [-0.2, -0.15) is 0 Å². The van der Waals surface area contributed by atoms with Crippen molar-refractivity contribution in [2.45, 2.75) is 12.5 Å². The molecule has 1 atom stereocenters. The zero-order valence-corrected chi connectivity index (χ0v) is 8.14. The van der Waals surface area contributed by atoms with E-state index in [0.29, 0.717) is 12.6 Å². The number of aromatic carboxylic acids is 1. The van der Waals surface area contributed by atoms with Crippen LogP contribution in [0.1, 0.15) is 16.9 Å². The number of carbonyl (C=O) groups is 1. The smallest absolute Gasteiger partial charge is 0.354 e. The number of anilines is 1. The van der Waals surface area contributed by atoms with Crippen molar-refractivity contribution < 1.29 is 14.6 Å². The summed E-state index contributed by atoms with van der Waals surface area (Å²) < 4.78 is 5.21. The lowest BCUT2D eigenvalue weighted by Crippen LogP contribution is -2.19. The van der Waals surface area contributed by atoms with Gasteiger partial charge in [-0.1, -0.05) is 0 Å². The molecule has 2 rings (SSSR count). The van der Waals surface area contributed by atoms with Crippen molar-refractivity contribution in [1.82, 2.24) is 4.98 Å². The summed E-state index contributed by atoms with van der Waals surface area (Å²) in [5.74, 6) is -1.01. The molecular weight excluding hydrogens is 196 g/mol. The first-order chi connectivity index (χ1) is 7.25. The molecule has 0 aromatic carbocycles. The van der Waals surface area contributed by atoms with Crippen LogP contribution in [0.3, 0.4) is 0 Å². The summed E-state index contributed by atoms with van der Waals surface area (Å²) in [6.07, 6.45) is 2.50. The van der Waals surface area contributed by atoms with Gasteiger partial charge in [0, 0.05) is 6.61 Å². The minimum atomic E-state index is -1.01. The molecule has 5 nitrogen and oxygen atoms in total. The second kappa shape index (κ2) is 4.27. The van der Waals surface area contributed by atoms with E-state index in [0.717, 1.165) is 18.7 Å². The molecule has 0 spiro atoms. The molecule has 0 amide bonds. The molecular formula is C10H12N2O3. The maximum atomic E-state index is 10.6. The molecule has 0 saturated carbocycles. The fourth-order valence-electron chi connectivity index (χ4n) is 1.49. The molecule has 1 aliphatic heterocycles. The Labute approximate surface area is 87.1 Å². The number of ether oxygens (including phenoxy) is 1. The molecule has 0 aliphatic carbocycles. The van der Waals surface area contributed by atoms with Crippen molar-refractivity contribution in [3.05, 3.63) is 24.0 Å². The van der Waals surface area contributed by atoms with Crippen LogP contribution >= 0.6 is 0 Å². The summed E-state index contributed by atoms with van der Waals surface area (Å²) in [6.45, 7) is 1.47. The molecule has 1 unspecified atom stereocenters. The van der Waals surface area contributed by atoms with Gasteiger partial charge in [0.05, 0.1) is 24.5 Å². The van der Waals surface area contributed by atoms with Gasteiger partial charge in [0.15, 0.2) is 0 Å². The maximum absolute atomic E-state index is 10.6. The van der Waals surface area contributed by atoms with Gasteiger partial charge in [-0.3, -0.25) is 0 Å². The first kappa shape index (κ1) is 9.92. The van der Waals surface area contributed by atoms with Crippen molar-refractivity contribution in [1.29, 1.82) is 0 Å². The second-order valence-corrected chi connectivity index (χ2v) is 3.44. The minimum absolute atomic E-state index is 0.0585. The van der Waals surface area contributed by atoms with E-state index in [9.17, 15) is 4.79 Å². The number of pyridine rings is 1. The second-order valence-electron chi connectivity index (χ2n) is 3.44. The normalized spacial score (nSPS) is 20.1. The Morgan fingerprint density at radius 3 is 3.00 bits per heavy atom. The third-order valence-electron chi connectivity index (χ3n) is 2.28. The monoisotopic (exact) mass is 208 g/mol. The van der Waals surface area contributed by atoms with Gasteiger partial charge in [-0.25, -0.2) is 9.78 Å². The summed E-state index contributed by atoms with van der Waals surface area (Å²) in [6, 6.07) is 3.51. The molecule has 2 heterocycles. The molecule has 80 valence electrons. The largest absolute Gasteiger partial charge is 0.477 e. The summed E-state index contributed by atoms with van der Waals surface area (Å²) in [5.41, 5.74) is 0.888. The Bertz CT molecular complexity index is 344. The number of rotatable bonds is 3. The van der Waals surface area contributed by atoms with Gasteiger partial charge in [-0.05, 0) is 18.6 Å². The first-order valence-electron chi connectivity index (χ1n) is 4.79. The molecule has 1 saturated heterocycles. The number of hydrogen-bond acceptors (Lipinski definition) is 4. The molecule has 0 radical (unpaired) electrons. The quantitative estimate of drug-likeness (QED) is 0.774. The van der Waals surface area contributed by atoms with Crippen LogP contribution in [-0.4, -0.2) is 35.3 Å². The lowest BCUT2D eigenvalue weighted by Gasteiger charge is -2.11. The maximum Gasteiger partial charge on any atom is 0.354 e. The van der Waals surface area contributed by atoms with Gasteiger partial charge >= 0.3 is 5.97 Å². The van der Waals surface area contributed by atoms with Crippen molar-refractivity contribution in [3.8, 4) is 0 Å². The van der Waals surface area contributed by atoms with E-state index in [4.69, 9.17) is 9.84 Å². The highest BCUT2D eigenvalue weighted by Crippen LogP contribution is 2.12. The minimum Gasteiger partial charge on any atom is -0.477 e. The number of carboxylic acid groups (broad SMARTS) is 1. The first-order valence-corrected chi connectivity index (χ1v) is 4.79. The standard InChI is InChI=1S/C10H12N2O3/c13-10(14)9-2-1-7(5-11-9)12-8-3-4-15-6-8/h1-2,5,8,12H,3-4,6H2,(H,13,14). The number of aromatic nitrogens is 1. The van der Waals surface area contributed by atoms with Crippen LogP contribution in [0, 0.1) is 0 Å². The van der Waals surface area contributed by atoms with Crippen molar-refractivity contribution in [2.24, 2.45) is 0 Å². The number of nitrogens with zero attached hydrogens (tertiary/aromatic N) is 1. The third kappa shape index (κ3) is 2.44. The third-order valence-corrected chi connectivity index (χ3v) is 2.28. The summed E-state index contributed by atoms with van der Waals surface area (Å²) in [7, 11) is 0. The Morgan fingerprint density at radius 2 is 2.47 bits per heavy atom. The van der Waals surface area contributed by atoms with Gasteiger partial charge < -0.3 is 15.2 Å². The van der Waals surface area contributed by atoms with Gasteiger partial charge in [0.1, 0.15) is 5.69 Å². The number of hydrogen-bond donors (Lipinski definition) is 2. The Hall–Kier alpha value is -1.62. The predicted molar refractivity (Wildman–Crippen MR) is 54.0 cm³/mol. The Balaban J connectivity index is 2.00. The highest BCUT2D eigenvalue weighted by Gasteiger charge is 2.15. The fraction of sp³-hybridized carbons (Fsp3) is 0.400. The Kier molecular flexibility index (Phi) is 2.82. The van der Waals surface area contributed by atoms with E-state index in [-0.39, 0.29) is 5.69 Å². The van der Waals surface area contributed by atoms with Crippen LogP contribution in [0.5, 0.6) is 0 Å². The molecule has 2 N–H and O–H groups in total. The highest BCUT2D eigenvalue weighted by molar-refractivity contribution is 5.85. The van der Waals surface area contributed by atoms with E-state index in [1.165, 1.54) is 12.3 Å². The summed E-state index contributed by atoms with van der Waals surface area (Å²) >= 11 is 0. The van der Waals surface area contributed by atoms with Crippen LogP contribution in [0.15, 0.2) is 18.3 Å². The highest BCUT2D eigenvalue weighted by atomic mass is 16.5. The molecule has 1 aromatic rings.